The molecule has 0 bridgehead atoms. The second kappa shape index (κ2) is 9.58. The number of nitrogens with zero attached hydrogens (tertiary/aromatic N) is 2. The van der Waals surface area contributed by atoms with Crippen LogP contribution in [0.15, 0.2) is 59.5 Å². The van der Waals surface area contributed by atoms with Crippen molar-refractivity contribution in [1.82, 2.24) is 0 Å². The molecular weight excluding hydrogens is 469 g/mol. The zero-order chi connectivity index (χ0) is 25.3. The summed E-state index contributed by atoms with van der Waals surface area (Å²) in [6, 6.07) is 14.7. The molecule has 0 saturated carbocycles. The minimum absolute atomic E-state index is 0.00175. The lowest BCUT2D eigenvalue weighted by atomic mass is 10.1. The van der Waals surface area contributed by atoms with Crippen molar-refractivity contribution in [3.8, 4) is 0 Å². The maximum Gasteiger partial charge on any atom is 0.337 e. The normalized spacial score (nSPS) is 14.2. The van der Waals surface area contributed by atoms with Crippen LogP contribution in [0.3, 0.4) is 0 Å². The molecule has 9 heteroatoms. The predicted molar refractivity (Wildman–Crippen MR) is 136 cm³/mol. The molecule has 1 aliphatic heterocycles. The van der Waals surface area contributed by atoms with E-state index in [2.05, 4.69) is 4.72 Å². The fraction of sp³-hybridized carbons (Fsp3) is 0.269. The molecule has 2 N–H and O–H groups in total. The predicted octanol–water partition coefficient (Wildman–Crippen LogP) is 4.58. The van der Waals surface area contributed by atoms with Gasteiger partial charge in [-0.25, -0.2) is 17.6 Å². The summed E-state index contributed by atoms with van der Waals surface area (Å²) in [7, 11) is -3.91. The van der Waals surface area contributed by atoms with Crippen LogP contribution in [0.1, 0.15) is 27.0 Å². The highest BCUT2D eigenvalue weighted by Gasteiger charge is 2.25. The van der Waals surface area contributed by atoms with Gasteiger partial charge < -0.3 is 14.9 Å². The monoisotopic (exact) mass is 497 g/mol. The standard InChI is InChI=1S/C26H28FN3O4S/c1-17-14-18(2)25(19(3)15-17)35(33,34)28-20-8-9-23(21(16-20)26(31)32)29-10-12-30(13-11-29)24-7-5-4-6-22(24)27/h4-9,14-16,28H,10-13H2,1-3H3,(H,31,32). The molecule has 1 fully saturated rings. The largest absolute Gasteiger partial charge is 0.478 e. The number of anilines is 3. The van der Waals surface area contributed by atoms with E-state index < -0.39 is 16.0 Å². The number of sulfonamides is 1. The number of hydrogen-bond acceptors (Lipinski definition) is 5. The Morgan fingerprint density at radius 3 is 2.03 bits per heavy atom. The van der Waals surface area contributed by atoms with Crippen molar-refractivity contribution in [3.05, 3.63) is 82.7 Å². The summed E-state index contributed by atoms with van der Waals surface area (Å²) in [4.78, 5) is 16.1. The molecule has 0 aliphatic carbocycles. The minimum atomic E-state index is -3.91. The van der Waals surface area contributed by atoms with E-state index in [1.165, 1.54) is 12.1 Å². The average molecular weight is 498 g/mol. The van der Waals surface area contributed by atoms with E-state index in [0.717, 1.165) is 5.56 Å². The van der Waals surface area contributed by atoms with Crippen molar-refractivity contribution >= 4 is 33.1 Å². The van der Waals surface area contributed by atoms with Gasteiger partial charge in [-0.05, 0) is 62.2 Å². The van der Waals surface area contributed by atoms with Crippen LogP contribution in [-0.4, -0.2) is 45.7 Å². The molecule has 7 nitrogen and oxygen atoms in total. The van der Waals surface area contributed by atoms with E-state index in [1.807, 2.05) is 16.7 Å². The van der Waals surface area contributed by atoms with Crippen LogP contribution in [0.4, 0.5) is 21.5 Å². The molecule has 3 aromatic carbocycles. The van der Waals surface area contributed by atoms with Crippen LogP contribution >= 0.6 is 0 Å². The van der Waals surface area contributed by atoms with Gasteiger partial charge in [-0.2, -0.15) is 0 Å². The zero-order valence-corrected chi connectivity index (χ0v) is 20.7. The highest BCUT2D eigenvalue weighted by Crippen LogP contribution is 2.30. The number of piperazine rings is 1. The summed E-state index contributed by atoms with van der Waals surface area (Å²) >= 11 is 0. The van der Waals surface area contributed by atoms with E-state index in [1.54, 1.807) is 56.3 Å². The fourth-order valence-electron chi connectivity index (χ4n) is 4.74. The molecule has 1 aliphatic rings. The Balaban J connectivity index is 1.56. The number of carboxylic acid groups (broad SMARTS) is 1. The Labute approximate surface area is 204 Å². The molecular formula is C26H28FN3O4S. The number of benzene rings is 3. The zero-order valence-electron chi connectivity index (χ0n) is 19.9. The quantitative estimate of drug-likeness (QED) is 0.518. The highest BCUT2D eigenvalue weighted by atomic mass is 32.2. The van der Waals surface area contributed by atoms with Gasteiger partial charge in [0, 0.05) is 31.9 Å². The van der Waals surface area contributed by atoms with Crippen LogP contribution in [0.25, 0.3) is 0 Å². The first kappa shape index (κ1) is 24.5. The van der Waals surface area contributed by atoms with Crippen molar-refractivity contribution in [3.63, 3.8) is 0 Å². The molecule has 0 spiro atoms. The second-order valence-corrected chi connectivity index (χ2v) is 10.4. The van der Waals surface area contributed by atoms with Gasteiger partial charge >= 0.3 is 5.97 Å². The topological polar surface area (TPSA) is 90.0 Å². The van der Waals surface area contributed by atoms with Gasteiger partial charge in [0.05, 0.1) is 21.8 Å². The van der Waals surface area contributed by atoms with Gasteiger partial charge in [-0.1, -0.05) is 29.8 Å². The first-order valence-electron chi connectivity index (χ1n) is 11.3. The number of aryl methyl sites for hydroxylation is 3. The lowest BCUT2D eigenvalue weighted by molar-refractivity contribution is 0.0697. The van der Waals surface area contributed by atoms with E-state index in [9.17, 15) is 22.7 Å². The Bertz CT molecular complexity index is 1360. The average Bonchev–Trinajstić information content (AvgIpc) is 2.78. The van der Waals surface area contributed by atoms with Gasteiger partial charge in [0.1, 0.15) is 5.82 Å². The van der Waals surface area contributed by atoms with Crippen LogP contribution in [0.2, 0.25) is 0 Å². The van der Waals surface area contributed by atoms with Crippen molar-refractivity contribution in [1.29, 1.82) is 0 Å². The SMILES string of the molecule is Cc1cc(C)c(S(=O)(=O)Nc2ccc(N3CCN(c4ccccc4F)CC3)c(C(=O)O)c2)c(C)c1. The molecule has 3 aromatic rings. The molecule has 4 rings (SSSR count). The Morgan fingerprint density at radius 2 is 1.46 bits per heavy atom. The van der Waals surface area contributed by atoms with Crippen LogP contribution in [0, 0.1) is 26.6 Å². The van der Waals surface area contributed by atoms with Crippen molar-refractivity contribution in [2.24, 2.45) is 0 Å². The summed E-state index contributed by atoms with van der Waals surface area (Å²) in [6.07, 6.45) is 0. The lowest BCUT2D eigenvalue weighted by Gasteiger charge is -2.38. The van der Waals surface area contributed by atoms with Gasteiger partial charge in [0.25, 0.3) is 10.0 Å². The number of aromatic carboxylic acids is 1. The molecule has 184 valence electrons. The van der Waals surface area contributed by atoms with Crippen LogP contribution < -0.4 is 14.5 Å². The maximum atomic E-state index is 14.1. The Hall–Kier alpha value is -3.59. The Morgan fingerprint density at radius 1 is 0.886 bits per heavy atom. The third kappa shape index (κ3) is 5.09. The third-order valence-electron chi connectivity index (χ3n) is 6.17. The van der Waals surface area contributed by atoms with Crippen molar-refractivity contribution in [2.45, 2.75) is 25.7 Å². The Kier molecular flexibility index (Phi) is 6.71. The number of hydrogen-bond donors (Lipinski definition) is 2. The molecule has 0 amide bonds. The summed E-state index contributed by atoms with van der Waals surface area (Å²) in [5.74, 6) is -1.44. The van der Waals surface area contributed by atoms with E-state index in [-0.39, 0.29) is 22.0 Å². The minimum Gasteiger partial charge on any atom is -0.478 e. The molecule has 1 heterocycles. The molecule has 0 radical (unpaired) electrons. The number of para-hydroxylation sites is 1. The molecule has 0 atom stereocenters. The first-order valence-corrected chi connectivity index (χ1v) is 12.8. The number of rotatable bonds is 6. The molecule has 0 unspecified atom stereocenters. The van der Waals surface area contributed by atoms with Gasteiger partial charge in [0.15, 0.2) is 0 Å². The number of halogens is 1. The fourth-order valence-corrected chi connectivity index (χ4v) is 6.24. The van der Waals surface area contributed by atoms with E-state index in [4.69, 9.17) is 0 Å². The first-order chi connectivity index (χ1) is 16.6. The van der Waals surface area contributed by atoms with Gasteiger partial charge in [0.2, 0.25) is 0 Å². The molecule has 0 aromatic heterocycles. The highest BCUT2D eigenvalue weighted by molar-refractivity contribution is 7.92. The number of nitrogens with one attached hydrogen (secondary N) is 1. The van der Waals surface area contributed by atoms with Crippen molar-refractivity contribution in [2.75, 3.05) is 40.7 Å². The second-order valence-electron chi connectivity index (χ2n) is 8.80. The summed E-state index contributed by atoms with van der Waals surface area (Å²) in [6.45, 7) is 7.43. The summed E-state index contributed by atoms with van der Waals surface area (Å²) in [5, 5.41) is 9.86. The molecule has 35 heavy (non-hydrogen) atoms. The summed E-state index contributed by atoms with van der Waals surface area (Å²) < 4.78 is 42.9. The van der Waals surface area contributed by atoms with Crippen LogP contribution in [-0.2, 0) is 10.0 Å². The van der Waals surface area contributed by atoms with Crippen molar-refractivity contribution < 1.29 is 22.7 Å². The smallest absolute Gasteiger partial charge is 0.337 e. The van der Waals surface area contributed by atoms with Gasteiger partial charge in [-0.3, -0.25) is 4.72 Å². The van der Waals surface area contributed by atoms with E-state index in [0.29, 0.717) is 48.7 Å². The van der Waals surface area contributed by atoms with Gasteiger partial charge in [-0.15, -0.1) is 0 Å². The maximum absolute atomic E-state index is 14.1. The summed E-state index contributed by atoms with van der Waals surface area (Å²) in [5.41, 5.74) is 3.41. The lowest BCUT2D eigenvalue weighted by Crippen LogP contribution is -2.47. The molecule has 1 saturated heterocycles. The number of carbonyl (C=O) groups is 1. The van der Waals surface area contributed by atoms with Crippen LogP contribution in [0.5, 0.6) is 0 Å². The number of carboxylic acids is 1. The van der Waals surface area contributed by atoms with E-state index >= 15 is 0 Å². The third-order valence-corrected chi connectivity index (χ3v) is 7.85.